The van der Waals surface area contributed by atoms with Gasteiger partial charge in [-0.3, -0.25) is 4.79 Å². The van der Waals surface area contributed by atoms with Gasteiger partial charge in [-0.05, 0) is 29.7 Å². The number of ether oxygens (including phenoxy) is 2. The monoisotopic (exact) mass is 396 g/mol. The van der Waals surface area contributed by atoms with Crippen LogP contribution in [0.15, 0.2) is 54.6 Å². The van der Waals surface area contributed by atoms with E-state index in [9.17, 15) is 4.79 Å². The van der Waals surface area contributed by atoms with E-state index in [2.05, 4.69) is 10.2 Å². The second kappa shape index (κ2) is 8.09. The largest absolute Gasteiger partial charge is 0.497 e. The van der Waals surface area contributed by atoms with Gasteiger partial charge in [-0.25, -0.2) is 0 Å². The van der Waals surface area contributed by atoms with Crippen LogP contribution in [-0.2, 0) is 4.74 Å². The van der Waals surface area contributed by atoms with Crippen molar-refractivity contribution < 1.29 is 14.3 Å². The van der Waals surface area contributed by atoms with Gasteiger partial charge in [0, 0.05) is 35.1 Å². The third-order valence-electron chi connectivity index (χ3n) is 4.92. The first kappa shape index (κ1) is 18.6. The van der Waals surface area contributed by atoms with Crippen molar-refractivity contribution in [2.45, 2.75) is 0 Å². The molecule has 3 aromatic carbocycles. The highest BCUT2D eigenvalue weighted by molar-refractivity contribution is 6.36. The summed E-state index contributed by atoms with van der Waals surface area (Å²) in [6.45, 7) is 2.89. The van der Waals surface area contributed by atoms with Crippen molar-refractivity contribution in [2.24, 2.45) is 0 Å². The Morgan fingerprint density at radius 2 is 1.82 bits per heavy atom. The predicted molar refractivity (Wildman–Crippen MR) is 113 cm³/mol. The van der Waals surface area contributed by atoms with Crippen LogP contribution in [0, 0.1) is 0 Å². The van der Waals surface area contributed by atoms with E-state index in [4.69, 9.17) is 21.1 Å². The Morgan fingerprint density at radius 3 is 2.61 bits per heavy atom. The average molecular weight is 397 g/mol. The molecule has 1 aliphatic rings. The molecule has 0 saturated carbocycles. The Labute approximate surface area is 168 Å². The summed E-state index contributed by atoms with van der Waals surface area (Å²) in [5, 5.41) is 5.37. The van der Waals surface area contributed by atoms with E-state index in [0.717, 1.165) is 29.5 Å². The summed E-state index contributed by atoms with van der Waals surface area (Å²) in [4.78, 5) is 15.3. The standard InChI is InChI=1S/C22H21ClN2O3/c1-27-15-8-9-21(25-10-12-28-13-11-25)20(14-15)24-22(26)18-6-2-5-17-16(18)4-3-7-19(17)23/h2-9,14H,10-13H2,1H3,(H,24,26). The average Bonchev–Trinajstić information content (AvgIpc) is 2.74. The highest BCUT2D eigenvalue weighted by Crippen LogP contribution is 2.32. The highest BCUT2D eigenvalue weighted by atomic mass is 35.5. The minimum atomic E-state index is -0.185. The van der Waals surface area contributed by atoms with Gasteiger partial charge in [0.15, 0.2) is 0 Å². The lowest BCUT2D eigenvalue weighted by molar-refractivity contribution is 0.102. The summed E-state index contributed by atoms with van der Waals surface area (Å²) >= 11 is 6.29. The van der Waals surface area contributed by atoms with Crippen LogP contribution in [0.1, 0.15) is 10.4 Å². The van der Waals surface area contributed by atoms with Crippen molar-refractivity contribution in [1.29, 1.82) is 0 Å². The van der Waals surface area contributed by atoms with Crippen LogP contribution in [0.3, 0.4) is 0 Å². The normalized spacial score (nSPS) is 14.1. The van der Waals surface area contributed by atoms with E-state index in [0.29, 0.717) is 35.2 Å². The number of nitrogens with zero attached hydrogens (tertiary/aromatic N) is 1. The maximum absolute atomic E-state index is 13.1. The van der Waals surface area contributed by atoms with Gasteiger partial charge in [-0.15, -0.1) is 0 Å². The summed E-state index contributed by atoms with van der Waals surface area (Å²) in [5.41, 5.74) is 2.25. The number of morpholine rings is 1. The number of amides is 1. The van der Waals surface area contributed by atoms with Gasteiger partial charge < -0.3 is 19.7 Å². The summed E-state index contributed by atoms with van der Waals surface area (Å²) in [6.07, 6.45) is 0. The number of hydrogen-bond acceptors (Lipinski definition) is 4. The van der Waals surface area contributed by atoms with Crippen LogP contribution in [0.2, 0.25) is 5.02 Å². The number of fused-ring (bicyclic) bond motifs is 1. The number of carbonyl (C=O) groups excluding carboxylic acids is 1. The molecule has 0 radical (unpaired) electrons. The van der Waals surface area contributed by atoms with Crippen LogP contribution < -0.4 is 15.0 Å². The molecule has 144 valence electrons. The molecular weight excluding hydrogens is 376 g/mol. The maximum atomic E-state index is 13.1. The van der Waals surface area contributed by atoms with Crippen molar-refractivity contribution in [2.75, 3.05) is 43.6 Å². The van der Waals surface area contributed by atoms with Crippen LogP contribution >= 0.6 is 11.6 Å². The molecule has 3 aromatic rings. The fourth-order valence-corrected chi connectivity index (χ4v) is 3.72. The zero-order valence-corrected chi connectivity index (χ0v) is 16.3. The van der Waals surface area contributed by atoms with Gasteiger partial charge in [-0.1, -0.05) is 35.9 Å². The van der Waals surface area contributed by atoms with E-state index >= 15 is 0 Å². The molecule has 1 saturated heterocycles. The Hall–Kier alpha value is -2.76. The first-order chi connectivity index (χ1) is 13.7. The van der Waals surface area contributed by atoms with E-state index in [1.165, 1.54) is 0 Å². The first-order valence-corrected chi connectivity index (χ1v) is 9.54. The van der Waals surface area contributed by atoms with E-state index in [1.54, 1.807) is 7.11 Å². The molecule has 28 heavy (non-hydrogen) atoms. The van der Waals surface area contributed by atoms with Crippen molar-refractivity contribution in [3.05, 3.63) is 65.2 Å². The van der Waals surface area contributed by atoms with Crippen molar-refractivity contribution in [3.63, 3.8) is 0 Å². The lowest BCUT2D eigenvalue weighted by Crippen LogP contribution is -2.36. The van der Waals surface area contributed by atoms with Crippen LogP contribution in [0.4, 0.5) is 11.4 Å². The molecule has 1 fully saturated rings. The van der Waals surface area contributed by atoms with Crippen molar-refractivity contribution in [1.82, 2.24) is 0 Å². The molecule has 0 unspecified atom stereocenters. The number of carbonyl (C=O) groups is 1. The Morgan fingerprint density at radius 1 is 1.07 bits per heavy atom. The van der Waals surface area contributed by atoms with Gasteiger partial charge in [-0.2, -0.15) is 0 Å². The van der Waals surface area contributed by atoms with Gasteiger partial charge in [0.2, 0.25) is 0 Å². The Balaban J connectivity index is 1.70. The molecule has 0 aliphatic carbocycles. The van der Waals surface area contributed by atoms with E-state index < -0.39 is 0 Å². The molecule has 0 aromatic heterocycles. The third-order valence-corrected chi connectivity index (χ3v) is 5.25. The smallest absolute Gasteiger partial charge is 0.256 e. The third kappa shape index (κ3) is 3.63. The highest BCUT2D eigenvalue weighted by Gasteiger charge is 2.18. The Kier molecular flexibility index (Phi) is 5.37. The number of rotatable bonds is 4. The molecule has 5 nitrogen and oxygen atoms in total. The van der Waals surface area contributed by atoms with Gasteiger partial charge in [0.25, 0.3) is 5.91 Å². The fourth-order valence-electron chi connectivity index (χ4n) is 3.48. The Bertz CT molecular complexity index is 1020. The molecule has 1 amide bonds. The minimum absolute atomic E-state index is 0.185. The molecule has 0 spiro atoms. The van der Waals surface area contributed by atoms with Crippen molar-refractivity contribution in [3.8, 4) is 5.75 Å². The molecule has 4 rings (SSSR count). The molecule has 6 heteroatoms. The van der Waals surface area contributed by atoms with Crippen molar-refractivity contribution >= 4 is 39.7 Å². The molecule has 0 atom stereocenters. The minimum Gasteiger partial charge on any atom is -0.497 e. The van der Waals surface area contributed by atoms with Gasteiger partial charge >= 0.3 is 0 Å². The van der Waals surface area contributed by atoms with Gasteiger partial charge in [0.1, 0.15) is 5.75 Å². The maximum Gasteiger partial charge on any atom is 0.256 e. The van der Waals surface area contributed by atoms with E-state index in [1.807, 2.05) is 54.6 Å². The van der Waals surface area contributed by atoms with Crippen LogP contribution in [-0.4, -0.2) is 39.3 Å². The second-order valence-corrected chi connectivity index (χ2v) is 6.98. The number of nitrogens with one attached hydrogen (secondary N) is 1. The number of anilines is 2. The van der Waals surface area contributed by atoms with Crippen LogP contribution in [0.25, 0.3) is 10.8 Å². The fraction of sp³-hybridized carbons (Fsp3) is 0.227. The molecular formula is C22H21ClN2O3. The summed E-state index contributed by atoms with van der Waals surface area (Å²) < 4.78 is 10.8. The lowest BCUT2D eigenvalue weighted by Gasteiger charge is -2.30. The zero-order valence-electron chi connectivity index (χ0n) is 15.6. The molecule has 1 heterocycles. The SMILES string of the molecule is COc1ccc(N2CCOCC2)c(NC(=O)c2cccc3c(Cl)cccc23)c1. The molecule has 1 aliphatic heterocycles. The molecule has 0 bridgehead atoms. The molecule has 1 N–H and O–H groups in total. The number of halogens is 1. The first-order valence-electron chi connectivity index (χ1n) is 9.16. The number of benzene rings is 3. The van der Waals surface area contributed by atoms with Gasteiger partial charge in [0.05, 0.1) is 31.7 Å². The summed E-state index contributed by atoms with van der Waals surface area (Å²) in [6, 6.07) is 16.9. The van der Waals surface area contributed by atoms with Crippen LogP contribution in [0.5, 0.6) is 5.75 Å². The number of hydrogen-bond donors (Lipinski definition) is 1. The topological polar surface area (TPSA) is 50.8 Å². The predicted octanol–water partition coefficient (Wildman–Crippen LogP) is 4.59. The van der Waals surface area contributed by atoms with E-state index in [-0.39, 0.29) is 5.91 Å². The zero-order chi connectivity index (χ0) is 19.5. The number of methoxy groups -OCH3 is 1. The quantitative estimate of drug-likeness (QED) is 0.700. The second-order valence-electron chi connectivity index (χ2n) is 6.58. The lowest BCUT2D eigenvalue weighted by atomic mass is 10.0. The summed E-state index contributed by atoms with van der Waals surface area (Å²) in [7, 11) is 1.61. The summed E-state index contributed by atoms with van der Waals surface area (Å²) in [5.74, 6) is 0.504.